The molecule has 26 rings (SSSR count). The topological polar surface area (TPSA) is 187 Å². The van der Waals surface area contributed by atoms with E-state index in [1.807, 2.05) is 262 Å². The second-order valence-electron chi connectivity index (χ2n) is 38.6. The van der Waals surface area contributed by atoms with Gasteiger partial charge in [0.1, 0.15) is 0 Å². The smallest absolute Gasteiger partial charge is 0.509 e. The van der Waals surface area contributed by atoms with Gasteiger partial charge < -0.3 is 4.74 Å². The second-order valence-corrected chi connectivity index (χ2v) is 38.6. The molecule has 0 N–H and O–H groups in total. The van der Waals surface area contributed by atoms with Crippen LogP contribution in [-0.4, -0.2) is 97.8 Å². The minimum atomic E-state index is -0.0144. The molecule has 4 aliphatic rings. The SMILES string of the molecule is CC1(C)Cc2ccc[c-]c2-n2nc(-c3ccccc3-c3cc4n(n3)-c3[c-]cccc3CC4(C)C)cc21.CC1(C)Cc2ccc[c-]c2-n2nc(CCc3cc4n(n3)-c3[c-]cccc3CC4(C)C)cc21.[Pt+2].[Pt+2].[Pt+2].[Pt+2].[Pt+2].[c-]1c(Oc2[c-]c(-n3cccn3)ccc2)cccc1-n1cccn1.[c-]1ccccc1-n1ccc(-c2ccccc2-c2ccn(-c3[c-]cccc3)n2)n1.[c-]1ccccc1-n1ccc(CCc2ccn(-c3[c-]cccc3)n2)n1. The molecule has 0 unspecified atom stereocenters. The van der Waals surface area contributed by atoms with E-state index in [0.29, 0.717) is 11.5 Å². The Labute approximate surface area is 934 Å². The van der Waals surface area contributed by atoms with Gasteiger partial charge in [0.15, 0.2) is 0 Å². The molecule has 0 radical (unpaired) electrons. The Hall–Kier alpha value is -14.0. The van der Waals surface area contributed by atoms with Crippen LogP contribution in [0.2, 0.25) is 0 Å². The molecule has 0 amide bonds. The monoisotopic (exact) mass is 2840 g/mol. The number of benzene rings is 12. The Morgan fingerprint density at radius 1 is 0.243 bits per heavy atom. The normalized spacial score (nSPS) is 13.2. The third-order valence-corrected chi connectivity index (χ3v) is 26.4. The molecule has 22 aromatic rings. The van der Waals surface area contributed by atoms with Crippen molar-refractivity contribution in [1.29, 1.82) is 0 Å². The first-order valence-corrected chi connectivity index (χ1v) is 48.2. The number of hydrogen-bond donors (Lipinski definition) is 0. The number of hydrogen-bond acceptors (Lipinski definition) is 11. The van der Waals surface area contributed by atoms with Crippen LogP contribution < -0.4 is 4.74 Å². The average molecular weight is 2840 g/mol. The molecule has 0 spiro atoms. The van der Waals surface area contributed by atoms with Gasteiger partial charge in [-0.3, -0.25) is 46.8 Å². The molecule has 0 saturated carbocycles. The van der Waals surface area contributed by atoms with Gasteiger partial charge >= 0.3 is 105 Å². The van der Waals surface area contributed by atoms with Gasteiger partial charge in [0.2, 0.25) is 0 Å². The summed E-state index contributed by atoms with van der Waals surface area (Å²) >= 11 is 0. The van der Waals surface area contributed by atoms with Crippen molar-refractivity contribution in [1.82, 2.24) is 97.8 Å². The summed E-state index contributed by atoms with van der Waals surface area (Å²) in [5, 5.41) is 47.3. The first-order chi connectivity index (χ1) is 69.8. The van der Waals surface area contributed by atoms with Gasteiger partial charge in [0.05, 0.1) is 45.6 Å². The van der Waals surface area contributed by atoms with Crippen LogP contribution in [0, 0.1) is 60.7 Å². The molecule has 10 aromatic heterocycles. The predicted molar refractivity (Wildman–Crippen MR) is 555 cm³/mol. The van der Waals surface area contributed by atoms with E-state index >= 15 is 0 Å². The molecule has 26 heteroatoms. The Balaban J connectivity index is 0.000000126. The molecular weight excluding hydrogens is 2740 g/mol. The zero-order chi connectivity index (χ0) is 97.2. The van der Waals surface area contributed by atoms with Crippen LogP contribution in [0.1, 0.15) is 123 Å². The van der Waals surface area contributed by atoms with Gasteiger partial charge in [-0.05, 0) is 143 Å². The van der Waals surface area contributed by atoms with Crippen molar-refractivity contribution in [2.24, 2.45) is 0 Å². The minimum absolute atomic E-state index is 0. The van der Waals surface area contributed by atoms with Gasteiger partial charge in [-0.15, -0.1) is 82.9 Å². The molecule has 0 bridgehead atoms. The Kier molecular flexibility index (Phi) is 32.6. The van der Waals surface area contributed by atoms with Crippen LogP contribution >= 0.6 is 0 Å². The summed E-state index contributed by atoms with van der Waals surface area (Å²) in [5.41, 5.74) is 32.3. The second kappa shape index (κ2) is 45.8. The third kappa shape index (κ3) is 22.7. The summed E-state index contributed by atoms with van der Waals surface area (Å²) in [5.74, 6) is 1.21. The van der Waals surface area contributed by atoms with Crippen LogP contribution in [-0.2, 0) is 178 Å². The Morgan fingerprint density at radius 2 is 0.534 bits per heavy atom. The van der Waals surface area contributed by atoms with E-state index in [1.165, 1.54) is 45.0 Å². The molecule has 0 aliphatic carbocycles. The zero-order valence-corrected chi connectivity index (χ0v) is 93.6. The van der Waals surface area contributed by atoms with Gasteiger partial charge in [-0.2, -0.15) is 257 Å². The fourth-order valence-corrected chi connectivity index (χ4v) is 19.4. The molecule has 0 atom stereocenters. The summed E-state index contributed by atoms with van der Waals surface area (Å²) < 4.78 is 25.1. The molecule has 14 heterocycles. The molecule has 0 saturated heterocycles. The van der Waals surface area contributed by atoms with Crippen molar-refractivity contribution >= 4 is 0 Å². The molecule has 21 nitrogen and oxygen atoms in total. The standard InChI is InChI=1S/C32H28N4.C28H28N4.C24H16N4.C20H16N4.C18H12N4O.5Pt/c1-31(2)19-21-11-5-9-15-27(21)35-29(31)17-25(33-35)23-13-7-8-14-24(23)26-18-30-32(3,4)20-22-12-6-10-16-28(22)36(30)34-26;1-27(2)17-19-9-5-7-11-23(19)31-25(27)15-21(29-31)13-14-22-16-26-28(3,4)18-20-10-6-8-12-24(20)32(26)30-22;1-3-9-19(10-4-1)27-17-15-23(25-27)21-13-7-8-14-22(21)24-16-18-28(26-24)20-11-5-2-6-12-20;1-3-7-19(8-4-1)23-15-13-17(21-23)11-12-18-14-16-24(22-18)20-9-5-2-6-10-20;1-5-15(21-11-3-9-19-21)13-17(7-1)23-18-8-2-6-16(14-18)22-12-4-10-20-22;;;;;/h5-14,17-18H,19-20H2,1-4H3;5-10,15-16H,13-14,17-18H2,1-4H3;1-9,11,13-18H;1-7,9,13-16H,11-12H2;1-12H;;;;;/q5*-2;5*+2. The van der Waals surface area contributed by atoms with Gasteiger partial charge in [0, 0.05) is 128 Å². The van der Waals surface area contributed by atoms with E-state index in [2.05, 4.69) is 264 Å². The Morgan fingerprint density at radius 3 is 0.858 bits per heavy atom. The molecule has 148 heavy (non-hydrogen) atoms. The van der Waals surface area contributed by atoms with Crippen molar-refractivity contribution in [3.63, 3.8) is 0 Å². The number of para-hydroxylation sites is 8. The third-order valence-electron chi connectivity index (χ3n) is 26.4. The van der Waals surface area contributed by atoms with Crippen LogP contribution in [0.25, 0.3) is 102 Å². The van der Waals surface area contributed by atoms with Gasteiger partial charge in [-0.1, -0.05) is 130 Å². The van der Waals surface area contributed by atoms with Crippen molar-refractivity contribution in [3.8, 4) is 113 Å². The van der Waals surface area contributed by atoms with Crippen LogP contribution in [0.4, 0.5) is 0 Å². The number of nitrogens with zero attached hydrogens (tertiary/aromatic N) is 20. The zero-order valence-electron chi connectivity index (χ0n) is 82.2. The summed E-state index contributed by atoms with van der Waals surface area (Å²) in [7, 11) is 0. The average Bonchev–Trinajstić information content (AvgIpc) is 1.58. The van der Waals surface area contributed by atoms with Crippen molar-refractivity contribution in [3.05, 3.63) is 493 Å². The first kappa shape index (κ1) is 105. The minimum Gasteiger partial charge on any atom is -0.509 e. The van der Waals surface area contributed by atoms with Gasteiger partial charge in [0.25, 0.3) is 0 Å². The van der Waals surface area contributed by atoms with Crippen molar-refractivity contribution in [2.45, 2.75) is 128 Å². The summed E-state index contributed by atoms with van der Waals surface area (Å²) in [6.45, 7) is 18.4. The molecular formula is C122H100N20OPt5. The van der Waals surface area contributed by atoms with Crippen molar-refractivity contribution in [2.75, 3.05) is 0 Å². The van der Waals surface area contributed by atoms with Crippen LogP contribution in [0.5, 0.6) is 11.5 Å². The Bertz CT molecular complexity index is 7750. The molecule has 4 aliphatic heterocycles. The van der Waals surface area contributed by atoms with Gasteiger partial charge in [-0.25, -0.2) is 0 Å². The van der Waals surface area contributed by atoms with E-state index in [4.69, 9.17) is 35.3 Å². The maximum Gasteiger partial charge on any atom is 2.00 e. The fourth-order valence-electron chi connectivity index (χ4n) is 19.4. The fraction of sp³-hybridized carbons (Fsp3) is 0.164. The molecule has 12 aromatic carbocycles. The van der Waals surface area contributed by atoms with Crippen LogP contribution in [0.3, 0.4) is 0 Å². The number of ether oxygens (including phenoxy) is 1. The summed E-state index contributed by atoms with van der Waals surface area (Å²) in [6.07, 6.45) is 22.5. The summed E-state index contributed by atoms with van der Waals surface area (Å²) in [4.78, 5) is 0. The molecule has 0 fully saturated rings. The predicted octanol–water partition coefficient (Wildman–Crippen LogP) is 23.6. The van der Waals surface area contributed by atoms with E-state index in [0.717, 1.165) is 176 Å². The number of aryl methyl sites for hydroxylation is 4. The van der Waals surface area contributed by atoms with E-state index in [1.54, 1.807) is 21.8 Å². The maximum absolute atomic E-state index is 5.86. The van der Waals surface area contributed by atoms with E-state index in [9.17, 15) is 0 Å². The largest absolute Gasteiger partial charge is 2.00 e. The van der Waals surface area contributed by atoms with E-state index < -0.39 is 0 Å². The quantitative estimate of drug-likeness (QED) is 0.0744. The van der Waals surface area contributed by atoms with Crippen LogP contribution in [0.15, 0.2) is 365 Å². The summed E-state index contributed by atoms with van der Waals surface area (Å²) in [6, 6.07) is 138. The van der Waals surface area contributed by atoms with Crippen molar-refractivity contribution < 1.29 is 110 Å². The number of rotatable bonds is 18. The molecule has 744 valence electrons. The first-order valence-electron chi connectivity index (χ1n) is 48.2. The number of fused-ring (bicyclic) bond motifs is 12. The van der Waals surface area contributed by atoms with E-state index in [-0.39, 0.29) is 127 Å². The maximum atomic E-state index is 5.86. The number of aromatic nitrogens is 20.